The van der Waals surface area contributed by atoms with Crippen molar-refractivity contribution in [1.82, 2.24) is 14.9 Å². The van der Waals surface area contributed by atoms with Gasteiger partial charge < -0.3 is 14.4 Å². The number of halogens is 1. The maximum absolute atomic E-state index is 13.6. The minimum absolute atomic E-state index is 0.0720. The molecule has 0 aliphatic carbocycles. The molecule has 7 heteroatoms. The lowest BCUT2D eigenvalue weighted by molar-refractivity contribution is -0.141. The molecule has 1 fully saturated rings. The number of nitrogens with zero attached hydrogens (tertiary/aromatic N) is 3. The van der Waals surface area contributed by atoms with Crippen LogP contribution < -0.4 is 4.74 Å². The highest BCUT2D eigenvalue weighted by Gasteiger charge is 2.27. The average molecular weight is 345 g/mol. The van der Waals surface area contributed by atoms with Crippen LogP contribution >= 0.6 is 0 Å². The van der Waals surface area contributed by atoms with Gasteiger partial charge in [-0.05, 0) is 32.0 Å². The summed E-state index contributed by atoms with van der Waals surface area (Å²) in [7, 11) is 0. The van der Waals surface area contributed by atoms with Crippen molar-refractivity contribution in [3.8, 4) is 5.75 Å². The van der Waals surface area contributed by atoms with E-state index in [1.807, 2.05) is 19.9 Å². The van der Waals surface area contributed by atoms with Gasteiger partial charge in [-0.2, -0.15) is 0 Å². The lowest BCUT2D eigenvalue weighted by atomic mass is 10.1. The molecule has 0 saturated carbocycles. The summed E-state index contributed by atoms with van der Waals surface area (Å²) in [6.45, 7) is 4.78. The smallest absolute Gasteiger partial charge is 0.260 e. The molecule has 0 N–H and O–H groups in total. The number of hydrogen-bond donors (Lipinski definition) is 0. The minimum atomic E-state index is -0.484. The SMILES string of the molecule is Cc1cc([C@H]2CN(C(=O)COc3ccccc3F)CCO2)nc(C)n1. The third-order valence-electron chi connectivity index (χ3n) is 3.92. The fourth-order valence-corrected chi connectivity index (χ4v) is 2.76. The van der Waals surface area contributed by atoms with Crippen LogP contribution in [0.25, 0.3) is 0 Å². The van der Waals surface area contributed by atoms with Crippen LogP contribution in [-0.2, 0) is 9.53 Å². The second-order valence-corrected chi connectivity index (χ2v) is 5.90. The first-order valence-electron chi connectivity index (χ1n) is 8.12. The molecule has 1 atom stereocenters. The molecule has 1 aromatic heterocycles. The molecule has 1 aliphatic heterocycles. The zero-order valence-electron chi connectivity index (χ0n) is 14.2. The van der Waals surface area contributed by atoms with Gasteiger partial charge >= 0.3 is 0 Å². The van der Waals surface area contributed by atoms with E-state index in [0.717, 1.165) is 11.4 Å². The van der Waals surface area contributed by atoms with Gasteiger partial charge in [0.05, 0.1) is 18.8 Å². The van der Waals surface area contributed by atoms with Crippen molar-refractivity contribution in [2.45, 2.75) is 20.0 Å². The van der Waals surface area contributed by atoms with Gasteiger partial charge in [0.2, 0.25) is 0 Å². The van der Waals surface area contributed by atoms with Gasteiger partial charge in [0.1, 0.15) is 11.9 Å². The Morgan fingerprint density at radius 2 is 2.16 bits per heavy atom. The molecule has 25 heavy (non-hydrogen) atoms. The topological polar surface area (TPSA) is 64.6 Å². The number of ether oxygens (including phenoxy) is 2. The molecule has 2 aromatic rings. The van der Waals surface area contributed by atoms with Gasteiger partial charge in [0.25, 0.3) is 5.91 Å². The summed E-state index contributed by atoms with van der Waals surface area (Å²) in [6, 6.07) is 7.89. The van der Waals surface area contributed by atoms with Crippen molar-refractivity contribution in [2.24, 2.45) is 0 Å². The normalized spacial score (nSPS) is 17.4. The minimum Gasteiger partial charge on any atom is -0.481 e. The first-order chi connectivity index (χ1) is 12.0. The fourth-order valence-electron chi connectivity index (χ4n) is 2.76. The van der Waals surface area contributed by atoms with Crippen molar-refractivity contribution in [3.63, 3.8) is 0 Å². The first-order valence-corrected chi connectivity index (χ1v) is 8.12. The van der Waals surface area contributed by atoms with Crippen LogP contribution in [0.2, 0.25) is 0 Å². The summed E-state index contributed by atoms with van der Waals surface area (Å²) in [5.41, 5.74) is 1.62. The van der Waals surface area contributed by atoms with Crippen LogP contribution in [0.4, 0.5) is 4.39 Å². The van der Waals surface area contributed by atoms with Crippen LogP contribution in [0.1, 0.15) is 23.3 Å². The summed E-state index contributed by atoms with van der Waals surface area (Å²) < 4.78 is 24.6. The maximum Gasteiger partial charge on any atom is 0.260 e. The molecule has 0 spiro atoms. The number of morpholine rings is 1. The van der Waals surface area contributed by atoms with Crippen molar-refractivity contribution in [1.29, 1.82) is 0 Å². The van der Waals surface area contributed by atoms with E-state index in [2.05, 4.69) is 9.97 Å². The lowest BCUT2D eigenvalue weighted by Crippen LogP contribution is -2.44. The molecule has 2 heterocycles. The molecule has 1 aliphatic rings. The molecular weight excluding hydrogens is 325 g/mol. The van der Waals surface area contributed by atoms with Crippen LogP contribution in [-0.4, -0.2) is 47.1 Å². The van der Waals surface area contributed by atoms with Gasteiger partial charge in [-0.25, -0.2) is 14.4 Å². The van der Waals surface area contributed by atoms with Gasteiger partial charge in [-0.15, -0.1) is 0 Å². The Labute approximate surface area is 145 Å². The van der Waals surface area contributed by atoms with Crippen LogP contribution in [0, 0.1) is 19.7 Å². The molecule has 0 bridgehead atoms. The largest absolute Gasteiger partial charge is 0.481 e. The number of hydrogen-bond acceptors (Lipinski definition) is 5. The molecule has 0 unspecified atom stereocenters. The second kappa shape index (κ2) is 7.57. The maximum atomic E-state index is 13.6. The van der Waals surface area contributed by atoms with Crippen LogP contribution in [0.15, 0.2) is 30.3 Å². The van der Waals surface area contributed by atoms with Crippen molar-refractivity contribution in [2.75, 3.05) is 26.3 Å². The van der Waals surface area contributed by atoms with Crippen LogP contribution in [0.3, 0.4) is 0 Å². The molecule has 0 radical (unpaired) electrons. The van der Waals surface area contributed by atoms with E-state index in [9.17, 15) is 9.18 Å². The predicted molar refractivity (Wildman–Crippen MR) is 88.7 cm³/mol. The van der Waals surface area contributed by atoms with E-state index in [1.165, 1.54) is 12.1 Å². The Balaban J connectivity index is 1.62. The van der Waals surface area contributed by atoms with Crippen LogP contribution in [0.5, 0.6) is 5.75 Å². The molecule has 1 saturated heterocycles. The quantitative estimate of drug-likeness (QED) is 0.850. The monoisotopic (exact) mass is 345 g/mol. The number of carbonyl (C=O) groups is 1. The number of rotatable bonds is 4. The van der Waals surface area contributed by atoms with Gasteiger partial charge in [0, 0.05) is 12.2 Å². The number of carbonyl (C=O) groups excluding carboxylic acids is 1. The third-order valence-corrected chi connectivity index (χ3v) is 3.92. The first kappa shape index (κ1) is 17.3. The molecule has 6 nitrogen and oxygen atoms in total. The summed E-state index contributed by atoms with van der Waals surface area (Å²) in [6.07, 6.45) is -0.299. The number of amides is 1. The van der Waals surface area contributed by atoms with E-state index in [4.69, 9.17) is 9.47 Å². The third kappa shape index (κ3) is 4.30. The Morgan fingerprint density at radius 3 is 2.92 bits per heavy atom. The van der Waals surface area contributed by atoms with Gasteiger partial charge in [0.15, 0.2) is 18.2 Å². The molecule has 1 aromatic carbocycles. The number of benzene rings is 1. The zero-order valence-corrected chi connectivity index (χ0v) is 14.2. The van der Waals surface area contributed by atoms with E-state index >= 15 is 0 Å². The standard InChI is InChI=1S/C18H20FN3O3/c1-12-9-15(21-13(2)20-12)17-10-22(7-8-24-17)18(23)11-25-16-6-4-3-5-14(16)19/h3-6,9,17H,7-8,10-11H2,1-2H3/t17-/m1/s1. The van der Waals surface area contributed by atoms with E-state index in [1.54, 1.807) is 17.0 Å². The fraction of sp³-hybridized carbons (Fsp3) is 0.389. The van der Waals surface area contributed by atoms with E-state index in [0.29, 0.717) is 25.5 Å². The highest BCUT2D eigenvalue weighted by atomic mass is 19.1. The molecular formula is C18H20FN3O3. The Hall–Kier alpha value is -2.54. The average Bonchev–Trinajstić information content (AvgIpc) is 2.60. The van der Waals surface area contributed by atoms with Crippen molar-refractivity contribution >= 4 is 5.91 Å². The number of aromatic nitrogens is 2. The summed E-state index contributed by atoms with van der Waals surface area (Å²) >= 11 is 0. The predicted octanol–water partition coefficient (Wildman–Crippen LogP) is 2.21. The molecule has 3 rings (SSSR count). The highest BCUT2D eigenvalue weighted by molar-refractivity contribution is 5.78. The Bertz CT molecular complexity index is 749. The van der Waals surface area contributed by atoms with Gasteiger partial charge in [-0.1, -0.05) is 12.1 Å². The lowest BCUT2D eigenvalue weighted by Gasteiger charge is -2.32. The Kier molecular flexibility index (Phi) is 5.23. The van der Waals surface area contributed by atoms with E-state index < -0.39 is 5.82 Å². The zero-order chi connectivity index (χ0) is 17.8. The molecule has 132 valence electrons. The number of aryl methyl sites for hydroxylation is 2. The van der Waals surface area contributed by atoms with Crippen molar-refractivity contribution < 1.29 is 18.7 Å². The summed E-state index contributed by atoms with van der Waals surface area (Å²) in [5, 5.41) is 0. The molecule has 1 amide bonds. The summed E-state index contributed by atoms with van der Waals surface area (Å²) in [5.74, 6) is 0.0498. The Morgan fingerprint density at radius 1 is 1.36 bits per heavy atom. The highest BCUT2D eigenvalue weighted by Crippen LogP contribution is 2.22. The number of para-hydroxylation sites is 1. The van der Waals surface area contributed by atoms with E-state index in [-0.39, 0.29) is 24.4 Å². The van der Waals surface area contributed by atoms with Gasteiger partial charge in [-0.3, -0.25) is 4.79 Å². The summed E-state index contributed by atoms with van der Waals surface area (Å²) in [4.78, 5) is 22.7. The van der Waals surface area contributed by atoms with Crippen molar-refractivity contribution in [3.05, 3.63) is 53.4 Å². The second-order valence-electron chi connectivity index (χ2n) is 5.90.